The average Bonchev–Trinajstić information content (AvgIpc) is 3.49. The lowest BCUT2D eigenvalue weighted by Crippen LogP contribution is -2.13. The van der Waals surface area contributed by atoms with Crippen molar-refractivity contribution in [3.05, 3.63) is 60.6 Å². The minimum atomic E-state index is 0.104. The number of hydrogen-bond acceptors (Lipinski definition) is 6. The summed E-state index contributed by atoms with van der Waals surface area (Å²) >= 11 is 0. The highest BCUT2D eigenvalue weighted by atomic mass is 16.2. The molecule has 0 spiro atoms. The number of carbonyl (C=O) groups excluding carboxylic acids is 1. The normalized spacial score (nSPS) is 13.1. The first-order valence-corrected chi connectivity index (χ1v) is 8.87. The number of anilines is 5. The Morgan fingerprint density at radius 1 is 0.926 bits per heavy atom. The van der Waals surface area contributed by atoms with Crippen LogP contribution in [0.1, 0.15) is 18.7 Å². The second-order valence-corrected chi connectivity index (χ2v) is 6.49. The quantitative estimate of drug-likeness (QED) is 0.615. The molecule has 0 atom stereocenters. The Bertz CT molecular complexity index is 938. The molecule has 0 aliphatic heterocycles. The molecule has 1 aromatic carbocycles. The molecule has 1 amide bonds. The summed E-state index contributed by atoms with van der Waals surface area (Å²) in [6, 6.07) is 15.0. The highest BCUT2D eigenvalue weighted by molar-refractivity contribution is 5.94. The first-order valence-electron chi connectivity index (χ1n) is 8.87. The van der Waals surface area contributed by atoms with Gasteiger partial charge < -0.3 is 16.0 Å². The van der Waals surface area contributed by atoms with Crippen molar-refractivity contribution in [3.8, 4) is 0 Å². The van der Waals surface area contributed by atoms with Gasteiger partial charge in [0.25, 0.3) is 0 Å². The fourth-order valence-electron chi connectivity index (χ4n) is 2.64. The van der Waals surface area contributed by atoms with E-state index in [0.717, 1.165) is 30.0 Å². The summed E-state index contributed by atoms with van der Waals surface area (Å²) in [4.78, 5) is 24.9. The van der Waals surface area contributed by atoms with Gasteiger partial charge in [0.15, 0.2) is 0 Å². The van der Waals surface area contributed by atoms with E-state index in [0.29, 0.717) is 17.5 Å². The number of benzene rings is 1. The summed E-state index contributed by atoms with van der Waals surface area (Å²) in [5.41, 5.74) is 1.68. The SMILES string of the molecule is Cc1nc(Nc2ccc(NC(=O)C3CC3)cc2)cc(Nc2ccccn2)n1. The fraction of sp³-hybridized carbons (Fsp3) is 0.200. The van der Waals surface area contributed by atoms with Crippen LogP contribution in [0.2, 0.25) is 0 Å². The van der Waals surface area contributed by atoms with Crippen molar-refractivity contribution in [2.24, 2.45) is 5.92 Å². The summed E-state index contributed by atoms with van der Waals surface area (Å²) < 4.78 is 0. The van der Waals surface area contributed by atoms with E-state index < -0.39 is 0 Å². The van der Waals surface area contributed by atoms with Gasteiger partial charge in [0, 0.05) is 29.6 Å². The Balaban J connectivity index is 1.44. The van der Waals surface area contributed by atoms with Crippen molar-refractivity contribution in [2.45, 2.75) is 19.8 Å². The topological polar surface area (TPSA) is 91.8 Å². The molecule has 1 aliphatic rings. The monoisotopic (exact) mass is 360 g/mol. The summed E-state index contributed by atoms with van der Waals surface area (Å²) in [5, 5.41) is 9.36. The molecule has 27 heavy (non-hydrogen) atoms. The summed E-state index contributed by atoms with van der Waals surface area (Å²) in [7, 11) is 0. The maximum atomic E-state index is 11.8. The molecule has 2 aromatic heterocycles. The zero-order valence-corrected chi connectivity index (χ0v) is 14.9. The maximum absolute atomic E-state index is 11.8. The fourth-order valence-corrected chi connectivity index (χ4v) is 2.64. The zero-order chi connectivity index (χ0) is 18.6. The third kappa shape index (κ3) is 4.58. The van der Waals surface area contributed by atoms with Crippen LogP contribution >= 0.6 is 0 Å². The number of pyridine rings is 1. The number of amides is 1. The first-order chi connectivity index (χ1) is 13.2. The van der Waals surface area contributed by atoms with E-state index in [1.807, 2.05) is 55.5 Å². The standard InChI is InChI=1S/C20H20N6O/c1-13-22-18(12-19(23-13)26-17-4-2-3-11-21-17)24-15-7-9-16(10-8-15)25-20(27)14-5-6-14/h2-4,7-12,14H,5-6H2,1H3,(H,25,27)(H2,21,22,23,24,26). The van der Waals surface area contributed by atoms with Crippen molar-refractivity contribution in [1.82, 2.24) is 15.0 Å². The molecule has 0 bridgehead atoms. The molecule has 7 heteroatoms. The first kappa shape index (κ1) is 17.0. The van der Waals surface area contributed by atoms with E-state index in [1.54, 1.807) is 6.20 Å². The Morgan fingerprint density at radius 3 is 2.30 bits per heavy atom. The summed E-state index contributed by atoms with van der Waals surface area (Å²) in [6.45, 7) is 1.84. The number of nitrogens with zero attached hydrogens (tertiary/aromatic N) is 3. The number of hydrogen-bond donors (Lipinski definition) is 3. The minimum absolute atomic E-state index is 0.104. The Kier molecular flexibility index (Phi) is 4.65. The van der Waals surface area contributed by atoms with Gasteiger partial charge in [0.2, 0.25) is 5.91 Å². The minimum Gasteiger partial charge on any atom is -0.340 e. The lowest BCUT2D eigenvalue weighted by Gasteiger charge is -2.11. The number of aromatic nitrogens is 3. The summed E-state index contributed by atoms with van der Waals surface area (Å²) in [5.74, 6) is 3.00. The van der Waals surface area contributed by atoms with Gasteiger partial charge in [-0.05, 0) is 56.2 Å². The molecule has 4 rings (SSSR count). The lowest BCUT2D eigenvalue weighted by atomic mass is 10.2. The lowest BCUT2D eigenvalue weighted by molar-refractivity contribution is -0.117. The van der Waals surface area contributed by atoms with Crippen LogP contribution in [0.3, 0.4) is 0 Å². The van der Waals surface area contributed by atoms with Crippen LogP contribution in [-0.2, 0) is 4.79 Å². The molecule has 1 aliphatic carbocycles. The predicted molar refractivity (Wildman–Crippen MR) is 105 cm³/mol. The van der Waals surface area contributed by atoms with E-state index in [9.17, 15) is 4.79 Å². The van der Waals surface area contributed by atoms with E-state index in [-0.39, 0.29) is 11.8 Å². The van der Waals surface area contributed by atoms with Crippen LogP contribution in [0.25, 0.3) is 0 Å². The number of rotatable bonds is 6. The second kappa shape index (κ2) is 7.41. The van der Waals surface area contributed by atoms with Gasteiger partial charge in [-0.25, -0.2) is 15.0 Å². The number of nitrogens with one attached hydrogen (secondary N) is 3. The molecule has 0 unspecified atom stereocenters. The molecule has 3 N–H and O–H groups in total. The molecule has 0 radical (unpaired) electrons. The van der Waals surface area contributed by atoms with Crippen LogP contribution in [0.5, 0.6) is 0 Å². The maximum Gasteiger partial charge on any atom is 0.227 e. The second-order valence-electron chi connectivity index (χ2n) is 6.49. The third-order valence-corrected chi connectivity index (χ3v) is 4.13. The van der Waals surface area contributed by atoms with Gasteiger partial charge >= 0.3 is 0 Å². The van der Waals surface area contributed by atoms with Crippen LogP contribution in [0, 0.1) is 12.8 Å². The van der Waals surface area contributed by atoms with Gasteiger partial charge in [-0.2, -0.15) is 0 Å². The van der Waals surface area contributed by atoms with Crippen molar-refractivity contribution in [3.63, 3.8) is 0 Å². The average molecular weight is 360 g/mol. The van der Waals surface area contributed by atoms with Crippen LogP contribution in [0.15, 0.2) is 54.7 Å². The van der Waals surface area contributed by atoms with Crippen LogP contribution < -0.4 is 16.0 Å². The van der Waals surface area contributed by atoms with Gasteiger partial charge in [-0.3, -0.25) is 4.79 Å². The van der Waals surface area contributed by atoms with E-state index in [1.165, 1.54) is 0 Å². The molecule has 136 valence electrons. The van der Waals surface area contributed by atoms with Gasteiger partial charge in [-0.1, -0.05) is 6.07 Å². The molecule has 0 saturated heterocycles. The molecule has 7 nitrogen and oxygen atoms in total. The van der Waals surface area contributed by atoms with E-state index >= 15 is 0 Å². The molecule has 1 fully saturated rings. The highest BCUT2D eigenvalue weighted by Gasteiger charge is 2.29. The Labute approximate surface area is 157 Å². The Hall–Kier alpha value is -3.48. The van der Waals surface area contributed by atoms with Gasteiger partial charge in [-0.15, -0.1) is 0 Å². The van der Waals surface area contributed by atoms with Gasteiger partial charge in [0.1, 0.15) is 23.3 Å². The number of carbonyl (C=O) groups is 1. The molecular formula is C20H20N6O. The van der Waals surface area contributed by atoms with Crippen LogP contribution in [-0.4, -0.2) is 20.9 Å². The predicted octanol–water partition coefficient (Wildman–Crippen LogP) is 4.02. The largest absolute Gasteiger partial charge is 0.340 e. The highest BCUT2D eigenvalue weighted by Crippen LogP contribution is 2.30. The van der Waals surface area contributed by atoms with Crippen LogP contribution in [0.4, 0.5) is 28.8 Å². The molecular weight excluding hydrogens is 340 g/mol. The van der Waals surface area contributed by atoms with Crippen molar-refractivity contribution in [1.29, 1.82) is 0 Å². The molecule has 3 aromatic rings. The van der Waals surface area contributed by atoms with Crippen molar-refractivity contribution < 1.29 is 4.79 Å². The molecule has 1 saturated carbocycles. The van der Waals surface area contributed by atoms with Crippen molar-refractivity contribution >= 4 is 34.7 Å². The van der Waals surface area contributed by atoms with E-state index in [2.05, 4.69) is 30.9 Å². The summed E-state index contributed by atoms with van der Waals surface area (Å²) in [6.07, 6.45) is 3.71. The van der Waals surface area contributed by atoms with Crippen molar-refractivity contribution in [2.75, 3.05) is 16.0 Å². The third-order valence-electron chi connectivity index (χ3n) is 4.13. The van der Waals surface area contributed by atoms with E-state index in [4.69, 9.17) is 0 Å². The number of aryl methyl sites for hydroxylation is 1. The smallest absolute Gasteiger partial charge is 0.227 e. The Morgan fingerprint density at radius 2 is 1.63 bits per heavy atom. The zero-order valence-electron chi connectivity index (χ0n) is 14.9. The van der Waals surface area contributed by atoms with Gasteiger partial charge in [0.05, 0.1) is 0 Å². The molecule has 2 heterocycles.